The van der Waals surface area contributed by atoms with E-state index in [1.807, 2.05) is 30.5 Å². The second kappa shape index (κ2) is 9.02. The van der Waals surface area contributed by atoms with E-state index in [1.165, 1.54) is 12.8 Å². The van der Waals surface area contributed by atoms with Gasteiger partial charge in [-0.05, 0) is 62.3 Å². The molecule has 4 heterocycles. The Labute approximate surface area is 190 Å². The van der Waals surface area contributed by atoms with E-state index in [9.17, 15) is 5.11 Å². The van der Waals surface area contributed by atoms with E-state index in [-0.39, 0.29) is 5.75 Å². The molecule has 0 unspecified atom stereocenters. The van der Waals surface area contributed by atoms with E-state index in [0.29, 0.717) is 29.1 Å². The van der Waals surface area contributed by atoms with Gasteiger partial charge in [-0.3, -0.25) is 4.90 Å². The Morgan fingerprint density at radius 2 is 1.97 bits per heavy atom. The molecule has 8 nitrogen and oxygen atoms in total. The first-order chi connectivity index (χ1) is 15.6. The van der Waals surface area contributed by atoms with Crippen LogP contribution in [-0.2, 0) is 0 Å². The molecule has 1 aromatic carbocycles. The van der Waals surface area contributed by atoms with E-state index in [2.05, 4.69) is 25.3 Å². The van der Waals surface area contributed by atoms with Gasteiger partial charge in [0.2, 0.25) is 11.8 Å². The van der Waals surface area contributed by atoms with Crippen molar-refractivity contribution in [3.8, 4) is 22.8 Å². The summed E-state index contributed by atoms with van der Waals surface area (Å²) in [5.74, 6) is 1.21. The second-order valence-electron chi connectivity index (χ2n) is 7.73. The molecule has 2 N–H and O–H groups in total. The van der Waals surface area contributed by atoms with Gasteiger partial charge < -0.3 is 15.2 Å². The van der Waals surface area contributed by atoms with E-state index in [4.69, 9.17) is 16.3 Å². The number of likely N-dealkylation sites (tertiary alicyclic amines) is 1. The van der Waals surface area contributed by atoms with Gasteiger partial charge in [-0.2, -0.15) is 4.98 Å². The van der Waals surface area contributed by atoms with Gasteiger partial charge in [0.1, 0.15) is 12.4 Å². The van der Waals surface area contributed by atoms with Crippen molar-refractivity contribution >= 4 is 28.9 Å². The number of pyridine rings is 2. The molecule has 0 bridgehead atoms. The van der Waals surface area contributed by atoms with Crippen LogP contribution in [0, 0.1) is 0 Å². The minimum absolute atomic E-state index is 0.154. The van der Waals surface area contributed by atoms with E-state index < -0.39 is 0 Å². The fraction of sp³-hybridized carbons (Fsp3) is 0.261. The summed E-state index contributed by atoms with van der Waals surface area (Å²) in [5, 5.41) is 18.0. The molecule has 9 heteroatoms. The molecule has 1 aliphatic heterocycles. The van der Waals surface area contributed by atoms with Crippen molar-refractivity contribution in [2.75, 3.05) is 31.6 Å². The molecule has 1 aliphatic rings. The van der Waals surface area contributed by atoms with Crippen LogP contribution in [-0.4, -0.2) is 55.8 Å². The Morgan fingerprint density at radius 1 is 1.09 bits per heavy atom. The van der Waals surface area contributed by atoms with Crippen molar-refractivity contribution in [3.05, 3.63) is 59.9 Å². The van der Waals surface area contributed by atoms with Crippen molar-refractivity contribution in [1.29, 1.82) is 0 Å². The molecule has 1 fully saturated rings. The summed E-state index contributed by atoms with van der Waals surface area (Å²) in [6, 6.07) is 12.3. The Kier molecular flexibility index (Phi) is 5.79. The smallest absolute Gasteiger partial charge is 0.247 e. The second-order valence-corrected chi connectivity index (χ2v) is 8.13. The van der Waals surface area contributed by atoms with Crippen LogP contribution in [0.1, 0.15) is 12.8 Å². The SMILES string of the molecule is Oc1ccc(Cl)c(-c2ccc3nc(Nc4ccc(OCCN5CCCC5)nc4)nn3c2)c1. The summed E-state index contributed by atoms with van der Waals surface area (Å²) in [4.78, 5) is 11.3. The van der Waals surface area contributed by atoms with Crippen molar-refractivity contribution in [2.45, 2.75) is 12.8 Å². The first kappa shape index (κ1) is 20.5. The molecule has 0 amide bonds. The number of rotatable bonds is 7. The Balaban J connectivity index is 1.25. The first-order valence-corrected chi connectivity index (χ1v) is 11.0. The summed E-state index contributed by atoms with van der Waals surface area (Å²) in [6.07, 6.45) is 6.08. The van der Waals surface area contributed by atoms with Gasteiger partial charge in [0.25, 0.3) is 0 Å². The van der Waals surface area contributed by atoms with Gasteiger partial charge in [0.05, 0.1) is 11.9 Å². The minimum Gasteiger partial charge on any atom is -0.508 e. The molecule has 0 saturated carbocycles. The van der Waals surface area contributed by atoms with Crippen LogP contribution in [0.2, 0.25) is 5.02 Å². The number of nitrogens with zero attached hydrogens (tertiary/aromatic N) is 5. The number of hydrogen-bond acceptors (Lipinski definition) is 7. The molecule has 0 radical (unpaired) electrons. The van der Waals surface area contributed by atoms with Crippen LogP contribution in [0.25, 0.3) is 16.8 Å². The number of aromatic nitrogens is 4. The molecule has 4 aromatic rings. The maximum Gasteiger partial charge on any atom is 0.247 e. The van der Waals surface area contributed by atoms with Gasteiger partial charge in [0.15, 0.2) is 5.65 Å². The number of benzene rings is 1. The lowest BCUT2D eigenvalue weighted by atomic mass is 10.1. The molecule has 164 valence electrons. The minimum atomic E-state index is 0.154. The third-order valence-corrected chi connectivity index (χ3v) is 5.77. The molecular formula is C23H23ClN6O2. The number of halogens is 1. The van der Waals surface area contributed by atoms with Crippen molar-refractivity contribution < 1.29 is 9.84 Å². The van der Waals surface area contributed by atoms with Gasteiger partial charge in [-0.25, -0.2) is 9.50 Å². The standard InChI is InChI=1S/C23H23ClN6O2/c24-20-6-5-18(31)13-19(20)16-3-7-21-27-23(28-30(21)15-16)26-17-4-8-22(25-14-17)32-12-11-29-9-1-2-10-29/h3-8,13-15,31H,1-2,9-12H2,(H,26,28). The van der Waals surface area contributed by atoms with Crippen LogP contribution in [0.5, 0.6) is 11.6 Å². The zero-order chi connectivity index (χ0) is 21.9. The molecule has 3 aromatic heterocycles. The molecule has 1 saturated heterocycles. The van der Waals surface area contributed by atoms with Crippen molar-refractivity contribution in [3.63, 3.8) is 0 Å². The summed E-state index contributed by atoms with van der Waals surface area (Å²) in [7, 11) is 0. The number of phenols is 1. The van der Waals surface area contributed by atoms with Gasteiger partial charge in [-0.15, -0.1) is 5.10 Å². The van der Waals surface area contributed by atoms with Crippen LogP contribution < -0.4 is 10.1 Å². The first-order valence-electron chi connectivity index (χ1n) is 10.6. The number of aromatic hydroxyl groups is 1. The predicted octanol–water partition coefficient (Wildman–Crippen LogP) is 4.37. The Bertz CT molecular complexity index is 1220. The number of hydrogen-bond donors (Lipinski definition) is 2. The predicted molar refractivity (Wildman–Crippen MR) is 124 cm³/mol. The molecule has 32 heavy (non-hydrogen) atoms. The average molecular weight is 451 g/mol. The normalized spacial score (nSPS) is 14.2. The molecule has 0 aliphatic carbocycles. The fourth-order valence-electron chi connectivity index (χ4n) is 3.78. The maximum atomic E-state index is 9.78. The lowest BCUT2D eigenvalue weighted by Crippen LogP contribution is -2.25. The Hall–Kier alpha value is -3.36. The maximum absolute atomic E-state index is 9.78. The topological polar surface area (TPSA) is 87.8 Å². The molecule has 5 rings (SSSR count). The van der Waals surface area contributed by atoms with Crippen LogP contribution in [0.3, 0.4) is 0 Å². The zero-order valence-corrected chi connectivity index (χ0v) is 18.2. The van der Waals surface area contributed by atoms with E-state index in [0.717, 1.165) is 36.4 Å². The van der Waals surface area contributed by atoms with E-state index in [1.54, 1.807) is 28.9 Å². The highest BCUT2D eigenvalue weighted by molar-refractivity contribution is 6.33. The van der Waals surface area contributed by atoms with Gasteiger partial charge in [0, 0.05) is 35.0 Å². The van der Waals surface area contributed by atoms with Crippen molar-refractivity contribution in [1.82, 2.24) is 24.5 Å². The van der Waals surface area contributed by atoms with Crippen LogP contribution in [0.4, 0.5) is 11.6 Å². The number of ether oxygens (including phenoxy) is 1. The van der Waals surface area contributed by atoms with E-state index >= 15 is 0 Å². The quantitative estimate of drug-likeness (QED) is 0.432. The highest BCUT2D eigenvalue weighted by atomic mass is 35.5. The monoisotopic (exact) mass is 450 g/mol. The molecule has 0 atom stereocenters. The third kappa shape index (κ3) is 4.61. The number of fused-ring (bicyclic) bond motifs is 1. The lowest BCUT2D eigenvalue weighted by molar-refractivity contribution is 0.232. The zero-order valence-electron chi connectivity index (χ0n) is 17.4. The summed E-state index contributed by atoms with van der Waals surface area (Å²) >= 11 is 6.28. The average Bonchev–Trinajstić information content (AvgIpc) is 3.45. The number of anilines is 2. The largest absolute Gasteiger partial charge is 0.508 e. The van der Waals surface area contributed by atoms with Gasteiger partial charge >= 0.3 is 0 Å². The van der Waals surface area contributed by atoms with Crippen molar-refractivity contribution in [2.24, 2.45) is 0 Å². The molecular weight excluding hydrogens is 428 g/mol. The van der Waals surface area contributed by atoms with Gasteiger partial charge in [-0.1, -0.05) is 11.6 Å². The van der Waals surface area contributed by atoms with Crippen LogP contribution in [0.15, 0.2) is 54.9 Å². The molecule has 0 spiro atoms. The fourth-order valence-corrected chi connectivity index (χ4v) is 4.01. The number of phenolic OH excluding ortho intramolecular Hbond substituents is 1. The summed E-state index contributed by atoms with van der Waals surface area (Å²) in [6.45, 7) is 3.89. The summed E-state index contributed by atoms with van der Waals surface area (Å²) < 4.78 is 7.42. The van der Waals surface area contributed by atoms with Crippen LogP contribution >= 0.6 is 11.6 Å². The lowest BCUT2D eigenvalue weighted by Gasteiger charge is -2.14. The number of nitrogens with one attached hydrogen (secondary N) is 1. The highest BCUT2D eigenvalue weighted by Crippen LogP contribution is 2.31. The highest BCUT2D eigenvalue weighted by Gasteiger charge is 2.11. The Morgan fingerprint density at radius 3 is 2.78 bits per heavy atom. The summed E-state index contributed by atoms with van der Waals surface area (Å²) in [5.41, 5.74) is 3.00. The third-order valence-electron chi connectivity index (χ3n) is 5.44.